The van der Waals surface area contributed by atoms with E-state index in [4.69, 9.17) is 4.74 Å². The molecule has 0 fully saturated rings. The van der Waals surface area contributed by atoms with E-state index >= 15 is 0 Å². The summed E-state index contributed by atoms with van der Waals surface area (Å²) in [5, 5.41) is 2.73. The Kier molecular flexibility index (Phi) is 7.33. The van der Waals surface area contributed by atoms with Gasteiger partial charge in [0.15, 0.2) is 0 Å². The summed E-state index contributed by atoms with van der Waals surface area (Å²) >= 11 is 0. The third kappa shape index (κ3) is 5.77. The number of rotatable bonds is 8. The van der Waals surface area contributed by atoms with Crippen molar-refractivity contribution in [1.82, 2.24) is 4.98 Å². The number of aryl methyl sites for hydroxylation is 1. The van der Waals surface area contributed by atoms with Crippen LogP contribution in [-0.2, 0) is 14.8 Å². The zero-order valence-corrected chi connectivity index (χ0v) is 17.7. The molecule has 1 heterocycles. The number of ether oxygens (including phenoxy) is 1. The van der Waals surface area contributed by atoms with Crippen LogP contribution in [0.1, 0.15) is 52.4 Å². The molecule has 0 saturated carbocycles. The number of carbonyl (C=O) groups excluding carboxylic acids is 2. The third-order valence-corrected chi connectivity index (χ3v) is 5.61. The number of hydrogen-bond donors (Lipinski definition) is 2. The maximum Gasteiger partial charge on any atom is 0.339 e. The minimum Gasteiger partial charge on any atom is -0.462 e. The van der Waals surface area contributed by atoms with Gasteiger partial charge in [-0.3, -0.25) is 9.52 Å². The van der Waals surface area contributed by atoms with Gasteiger partial charge in [0.1, 0.15) is 5.69 Å². The van der Waals surface area contributed by atoms with Crippen LogP contribution in [0, 0.1) is 13.8 Å². The number of pyridine rings is 1. The zero-order valence-electron chi connectivity index (χ0n) is 16.9. The predicted molar refractivity (Wildman–Crippen MR) is 112 cm³/mol. The van der Waals surface area contributed by atoms with Gasteiger partial charge in [-0.05, 0) is 57.0 Å². The predicted octanol–water partition coefficient (Wildman–Crippen LogP) is 3.28. The lowest BCUT2D eigenvalue weighted by atomic mass is 10.1. The molecule has 0 radical (unpaired) electrons. The quantitative estimate of drug-likeness (QED) is 0.635. The van der Waals surface area contributed by atoms with Crippen LogP contribution in [0.4, 0.5) is 11.4 Å². The first-order valence-corrected chi connectivity index (χ1v) is 10.9. The fourth-order valence-corrected chi connectivity index (χ4v) is 3.86. The Bertz CT molecular complexity index is 1020. The van der Waals surface area contributed by atoms with E-state index in [0.717, 1.165) is 0 Å². The molecule has 156 valence electrons. The molecule has 1 amide bonds. The molecule has 0 aliphatic rings. The number of carbonyl (C=O) groups is 2. The average Bonchev–Trinajstić information content (AvgIpc) is 2.64. The number of esters is 1. The Morgan fingerprint density at radius 1 is 1.07 bits per heavy atom. The van der Waals surface area contributed by atoms with Crippen LogP contribution < -0.4 is 10.0 Å². The summed E-state index contributed by atoms with van der Waals surface area (Å²) in [5.74, 6) is -0.952. The van der Waals surface area contributed by atoms with E-state index in [1.807, 2.05) is 0 Å². The van der Waals surface area contributed by atoms with Crippen molar-refractivity contribution >= 4 is 33.3 Å². The minimum absolute atomic E-state index is 0.0129. The summed E-state index contributed by atoms with van der Waals surface area (Å²) in [7, 11) is -3.45. The molecule has 8 nitrogen and oxygen atoms in total. The van der Waals surface area contributed by atoms with E-state index in [2.05, 4.69) is 15.0 Å². The Morgan fingerprint density at radius 2 is 1.76 bits per heavy atom. The van der Waals surface area contributed by atoms with Gasteiger partial charge in [0.05, 0.1) is 29.3 Å². The number of amides is 1. The second-order valence-electron chi connectivity index (χ2n) is 6.40. The summed E-state index contributed by atoms with van der Waals surface area (Å²) in [6, 6.07) is 7.89. The highest BCUT2D eigenvalue weighted by molar-refractivity contribution is 7.92. The number of aromatic nitrogens is 1. The molecule has 0 aliphatic heterocycles. The number of anilines is 2. The van der Waals surface area contributed by atoms with Gasteiger partial charge < -0.3 is 10.1 Å². The zero-order chi connectivity index (χ0) is 21.6. The third-order valence-electron chi connectivity index (χ3n) is 4.13. The van der Waals surface area contributed by atoms with Gasteiger partial charge in [-0.15, -0.1) is 0 Å². The van der Waals surface area contributed by atoms with Gasteiger partial charge in [0, 0.05) is 5.69 Å². The van der Waals surface area contributed by atoms with Crippen molar-refractivity contribution < 1.29 is 22.7 Å². The summed E-state index contributed by atoms with van der Waals surface area (Å²) in [5.41, 5.74) is 2.26. The van der Waals surface area contributed by atoms with Gasteiger partial charge >= 0.3 is 5.97 Å². The fraction of sp³-hybridized carbons (Fsp3) is 0.350. The van der Waals surface area contributed by atoms with E-state index in [1.54, 1.807) is 45.9 Å². The molecule has 2 aromatic rings. The topological polar surface area (TPSA) is 114 Å². The molecule has 0 aliphatic carbocycles. The standard InChI is InChI=1S/C20H25N3O5S/c1-5-12-29(26,27)23-17-9-7-8-16(13(17)3)22-19(24)18-11-10-15(14(4)21-18)20(25)28-6-2/h7-11,23H,5-6,12H2,1-4H3,(H,22,24). The van der Waals surface area contributed by atoms with Crippen LogP contribution >= 0.6 is 0 Å². The van der Waals surface area contributed by atoms with Crippen molar-refractivity contribution in [1.29, 1.82) is 0 Å². The lowest BCUT2D eigenvalue weighted by molar-refractivity contribution is 0.0524. The first-order chi connectivity index (χ1) is 13.7. The van der Waals surface area contributed by atoms with Crippen LogP contribution in [0.3, 0.4) is 0 Å². The average molecular weight is 420 g/mol. The van der Waals surface area contributed by atoms with E-state index in [1.165, 1.54) is 12.1 Å². The second kappa shape index (κ2) is 9.51. The van der Waals surface area contributed by atoms with Crippen LogP contribution in [-0.4, -0.2) is 37.6 Å². The minimum atomic E-state index is -3.45. The molecule has 0 spiro atoms. The maximum atomic E-state index is 12.6. The largest absolute Gasteiger partial charge is 0.462 e. The Morgan fingerprint density at radius 3 is 2.38 bits per heavy atom. The van der Waals surface area contributed by atoms with Crippen LogP contribution in [0.5, 0.6) is 0 Å². The van der Waals surface area contributed by atoms with Crippen LogP contribution in [0.25, 0.3) is 0 Å². The number of hydrogen-bond acceptors (Lipinski definition) is 6. The van der Waals surface area contributed by atoms with E-state index in [-0.39, 0.29) is 18.1 Å². The first-order valence-electron chi connectivity index (χ1n) is 9.24. The summed E-state index contributed by atoms with van der Waals surface area (Å²) in [6.07, 6.45) is 0.498. The lowest BCUT2D eigenvalue weighted by Crippen LogP contribution is -2.19. The SMILES string of the molecule is CCCS(=O)(=O)Nc1cccc(NC(=O)c2ccc(C(=O)OCC)c(C)n2)c1C. The maximum absolute atomic E-state index is 12.6. The molecule has 1 aromatic carbocycles. The Balaban J connectivity index is 2.22. The molecule has 0 unspecified atom stereocenters. The highest BCUT2D eigenvalue weighted by Gasteiger charge is 2.17. The molecule has 2 rings (SSSR count). The van der Waals surface area contributed by atoms with Crippen molar-refractivity contribution in [3.63, 3.8) is 0 Å². The highest BCUT2D eigenvalue weighted by atomic mass is 32.2. The molecule has 0 bridgehead atoms. The highest BCUT2D eigenvalue weighted by Crippen LogP contribution is 2.25. The van der Waals surface area contributed by atoms with E-state index in [0.29, 0.717) is 34.6 Å². The molecule has 0 saturated heterocycles. The monoisotopic (exact) mass is 419 g/mol. The van der Waals surface area contributed by atoms with Gasteiger partial charge in [-0.25, -0.2) is 18.2 Å². The van der Waals surface area contributed by atoms with Crippen molar-refractivity contribution in [3.8, 4) is 0 Å². The van der Waals surface area contributed by atoms with Crippen molar-refractivity contribution in [3.05, 3.63) is 52.8 Å². The molecule has 9 heteroatoms. The molecular formula is C20H25N3O5S. The Hall–Kier alpha value is -2.94. The summed E-state index contributed by atoms with van der Waals surface area (Å²) in [4.78, 5) is 28.6. The van der Waals surface area contributed by atoms with Gasteiger partial charge in [-0.2, -0.15) is 0 Å². The number of sulfonamides is 1. The summed E-state index contributed by atoms with van der Waals surface area (Å²) < 4.78 is 31.6. The molecule has 0 atom stereocenters. The van der Waals surface area contributed by atoms with E-state index in [9.17, 15) is 18.0 Å². The number of nitrogens with one attached hydrogen (secondary N) is 2. The van der Waals surface area contributed by atoms with Crippen LogP contribution in [0.2, 0.25) is 0 Å². The van der Waals surface area contributed by atoms with Crippen molar-refractivity contribution in [2.75, 3.05) is 22.4 Å². The second-order valence-corrected chi connectivity index (χ2v) is 8.24. The van der Waals surface area contributed by atoms with Gasteiger partial charge in [-0.1, -0.05) is 13.0 Å². The number of nitrogens with zero attached hydrogens (tertiary/aromatic N) is 1. The van der Waals surface area contributed by atoms with E-state index < -0.39 is 21.9 Å². The molecule has 1 aromatic heterocycles. The fourth-order valence-electron chi connectivity index (χ4n) is 2.67. The normalized spacial score (nSPS) is 11.0. The van der Waals surface area contributed by atoms with Crippen LogP contribution in [0.15, 0.2) is 30.3 Å². The first kappa shape index (κ1) is 22.4. The summed E-state index contributed by atoms with van der Waals surface area (Å²) in [6.45, 7) is 7.07. The lowest BCUT2D eigenvalue weighted by Gasteiger charge is -2.14. The van der Waals surface area contributed by atoms with Crippen molar-refractivity contribution in [2.45, 2.75) is 34.1 Å². The number of benzene rings is 1. The Labute approximate surface area is 170 Å². The molecule has 29 heavy (non-hydrogen) atoms. The smallest absolute Gasteiger partial charge is 0.339 e. The van der Waals surface area contributed by atoms with Gasteiger partial charge in [0.2, 0.25) is 10.0 Å². The molecule has 2 N–H and O–H groups in total. The molecular weight excluding hydrogens is 394 g/mol. The van der Waals surface area contributed by atoms with Gasteiger partial charge in [0.25, 0.3) is 5.91 Å². The van der Waals surface area contributed by atoms with Crippen molar-refractivity contribution in [2.24, 2.45) is 0 Å².